The molecule has 0 bridgehead atoms. The predicted molar refractivity (Wildman–Crippen MR) is 130 cm³/mol. The Balaban J connectivity index is 1.61. The zero-order valence-corrected chi connectivity index (χ0v) is 20.8. The quantitative estimate of drug-likeness (QED) is 0.441. The first-order chi connectivity index (χ1) is 15.0. The minimum Gasteiger partial charge on any atom is -0.393 e. The van der Waals surface area contributed by atoms with Crippen molar-refractivity contribution in [1.82, 2.24) is 0 Å². The SMILES string of the molecule is C=C1/C(=C\C=C2/CCC[C@]3(C)[C@@H]([C@@H](C)COCCCC(C)(C)O)CC[C@@H]23)C[C@@H](O)C[C@@H]1O. The molecule has 0 saturated heterocycles. The van der Waals surface area contributed by atoms with E-state index in [2.05, 4.69) is 32.6 Å². The van der Waals surface area contributed by atoms with Gasteiger partial charge in [-0.25, -0.2) is 0 Å². The Bertz CT molecular complexity index is 715. The summed E-state index contributed by atoms with van der Waals surface area (Å²) in [5.41, 5.74) is 3.01. The molecule has 3 rings (SSSR count). The maximum atomic E-state index is 10.1. The summed E-state index contributed by atoms with van der Waals surface area (Å²) in [6.07, 6.45) is 12.1. The summed E-state index contributed by atoms with van der Waals surface area (Å²) < 4.78 is 6.02. The van der Waals surface area contributed by atoms with E-state index in [1.54, 1.807) is 0 Å². The van der Waals surface area contributed by atoms with Gasteiger partial charge in [-0.2, -0.15) is 0 Å². The lowest BCUT2D eigenvalue weighted by Crippen LogP contribution is -2.37. The Kier molecular flexibility index (Phi) is 8.46. The van der Waals surface area contributed by atoms with Gasteiger partial charge in [-0.15, -0.1) is 0 Å². The molecule has 0 heterocycles. The van der Waals surface area contributed by atoms with Gasteiger partial charge in [-0.05, 0) is 99.5 Å². The van der Waals surface area contributed by atoms with Crippen molar-refractivity contribution in [2.45, 2.75) is 103 Å². The highest BCUT2D eigenvalue weighted by Gasteiger charge is 2.50. The first kappa shape index (κ1) is 25.7. The molecule has 3 fully saturated rings. The number of hydrogen-bond donors (Lipinski definition) is 3. The lowest BCUT2D eigenvalue weighted by molar-refractivity contribution is 0.0209. The van der Waals surface area contributed by atoms with Crippen molar-refractivity contribution in [2.24, 2.45) is 23.2 Å². The van der Waals surface area contributed by atoms with Crippen LogP contribution < -0.4 is 0 Å². The lowest BCUT2D eigenvalue weighted by Gasteiger charge is -2.44. The third-order valence-corrected chi connectivity index (χ3v) is 8.45. The number of allylic oxidation sites excluding steroid dienone is 3. The molecule has 3 aliphatic rings. The van der Waals surface area contributed by atoms with Crippen molar-refractivity contribution >= 4 is 0 Å². The average molecular weight is 447 g/mol. The Hall–Kier alpha value is -0.940. The summed E-state index contributed by atoms with van der Waals surface area (Å²) in [6.45, 7) is 14.1. The number of aliphatic hydroxyl groups is 3. The molecule has 3 saturated carbocycles. The van der Waals surface area contributed by atoms with Crippen molar-refractivity contribution in [2.75, 3.05) is 13.2 Å². The highest BCUT2D eigenvalue weighted by atomic mass is 16.5. The van der Waals surface area contributed by atoms with Crippen LogP contribution in [0.2, 0.25) is 0 Å². The maximum absolute atomic E-state index is 10.1. The fraction of sp³-hybridized carbons (Fsp3) is 0.786. The third kappa shape index (κ3) is 6.14. The van der Waals surface area contributed by atoms with Gasteiger partial charge in [0.2, 0.25) is 0 Å². The number of ether oxygens (including phenoxy) is 1. The Morgan fingerprint density at radius 3 is 2.72 bits per heavy atom. The van der Waals surface area contributed by atoms with E-state index < -0.39 is 17.8 Å². The van der Waals surface area contributed by atoms with Crippen LogP contribution in [0.3, 0.4) is 0 Å². The van der Waals surface area contributed by atoms with Gasteiger partial charge in [0.05, 0.1) is 17.8 Å². The zero-order valence-electron chi connectivity index (χ0n) is 20.8. The molecule has 0 amide bonds. The van der Waals surface area contributed by atoms with Crippen LogP contribution in [0.5, 0.6) is 0 Å². The van der Waals surface area contributed by atoms with Gasteiger partial charge < -0.3 is 20.1 Å². The van der Waals surface area contributed by atoms with Crippen molar-refractivity contribution in [3.63, 3.8) is 0 Å². The molecular weight excluding hydrogens is 400 g/mol. The highest BCUT2D eigenvalue weighted by molar-refractivity contribution is 5.38. The van der Waals surface area contributed by atoms with Crippen LogP contribution in [0.4, 0.5) is 0 Å². The fourth-order valence-corrected chi connectivity index (χ4v) is 6.67. The van der Waals surface area contributed by atoms with Crippen molar-refractivity contribution < 1.29 is 20.1 Å². The zero-order chi connectivity index (χ0) is 23.5. The van der Waals surface area contributed by atoms with E-state index in [1.807, 2.05) is 13.8 Å². The van der Waals surface area contributed by atoms with Crippen LogP contribution in [0, 0.1) is 23.2 Å². The van der Waals surface area contributed by atoms with Gasteiger partial charge in [-0.1, -0.05) is 38.2 Å². The van der Waals surface area contributed by atoms with E-state index in [-0.39, 0.29) is 0 Å². The summed E-state index contributed by atoms with van der Waals surface area (Å²) in [5.74, 6) is 1.82. The van der Waals surface area contributed by atoms with Gasteiger partial charge in [0.25, 0.3) is 0 Å². The summed E-state index contributed by atoms with van der Waals surface area (Å²) in [4.78, 5) is 0. The van der Waals surface area contributed by atoms with Crippen molar-refractivity contribution in [3.05, 3.63) is 35.5 Å². The normalized spacial score (nSPS) is 37.2. The Labute approximate surface area is 195 Å². The Morgan fingerprint density at radius 2 is 2.00 bits per heavy atom. The summed E-state index contributed by atoms with van der Waals surface area (Å²) in [7, 11) is 0. The molecular formula is C28H46O4. The third-order valence-electron chi connectivity index (χ3n) is 8.45. The number of hydrogen-bond acceptors (Lipinski definition) is 4. The first-order valence-electron chi connectivity index (χ1n) is 12.8. The molecule has 4 heteroatoms. The van der Waals surface area contributed by atoms with E-state index in [4.69, 9.17) is 4.74 Å². The number of rotatable bonds is 8. The highest BCUT2D eigenvalue weighted by Crippen LogP contribution is 2.59. The standard InChI is InChI=1S/C28H46O4/c1-19(18-32-15-7-13-27(3,4)31)24-11-12-25-21(8-6-14-28(24,25)5)9-10-22-16-23(29)17-26(30)20(22)2/h9-10,19,23-26,29-31H,2,6-8,11-18H2,1,3-5H3/b21-9+,22-10-/t19-,23+,24+,25-,26-,28+/m0/s1. The molecule has 4 nitrogen and oxygen atoms in total. The molecule has 0 aliphatic heterocycles. The average Bonchev–Trinajstić information content (AvgIpc) is 3.06. The predicted octanol–water partition coefficient (Wildman–Crippen LogP) is 5.33. The maximum Gasteiger partial charge on any atom is 0.0811 e. The van der Waals surface area contributed by atoms with Gasteiger partial charge in [0.1, 0.15) is 0 Å². The summed E-state index contributed by atoms with van der Waals surface area (Å²) >= 11 is 0. The van der Waals surface area contributed by atoms with E-state index in [0.717, 1.165) is 43.6 Å². The Morgan fingerprint density at radius 1 is 1.25 bits per heavy atom. The van der Waals surface area contributed by atoms with Crippen LogP contribution in [0.25, 0.3) is 0 Å². The van der Waals surface area contributed by atoms with Crippen LogP contribution in [-0.4, -0.2) is 46.3 Å². The first-order valence-corrected chi connectivity index (χ1v) is 12.8. The molecule has 3 aliphatic carbocycles. The molecule has 6 atom stereocenters. The summed E-state index contributed by atoms with van der Waals surface area (Å²) in [6, 6.07) is 0. The monoisotopic (exact) mass is 446 g/mol. The van der Waals surface area contributed by atoms with Crippen LogP contribution in [0.15, 0.2) is 35.5 Å². The number of aliphatic hydroxyl groups excluding tert-OH is 2. The smallest absolute Gasteiger partial charge is 0.0811 e. The lowest BCUT2D eigenvalue weighted by atomic mass is 9.61. The number of fused-ring (bicyclic) bond motifs is 1. The van der Waals surface area contributed by atoms with Gasteiger partial charge >= 0.3 is 0 Å². The molecule has 3 N–H and O–H groups in total. The second-order valence-electron chi connectivity index (χ2n) is 11.6. The molecule has 32 heavy (non-hydrogen) atoms. The molecule has 0 unspecified atom stereocenters. The van der Waals surface area contributed by atoms with E-state index in [1.165, 1.54) is 31.3 Å². The second kappa shape index (κ2) is 10.5. The van der Waals surface area contributed by atoms with Gasteiger partial charge in [0.15, 0.2) is 0 Å². The van der Waals surface area contributed by atoms with E-state index in [9.17, 15) is 15.3 Å². The molecule has 0 aromatic carbocycles. The van der Waals surface area contributed by atoms with Gasteiger partial charge in [-0.3, -0.25) is 0 Å². The minimum absolute atomic E-state index is 0.320. The molecule has 0 spiro atoms. The topological polar surface area (TPSA) is 69.9 Å². The van der Waals surface area contributed by atoms with Crippen LogP contribution in [0.1, 0.15) is 85.5 Å². The molecule has 0 aromatic heterocycles. The molecule has 0 radical (unpaired) electrons. The second-order valence-corrected chi connectivity index (χ2v) is 11.6. The molecule has 0 aromatic rings. The minimum atomic E-state index is -0.625. The largest absolute Gasteiger partial charge is 0.393 e. The van der Waals surface area contributed by atoms with Crippen LogP contribution >= 0.6 is 0 Å². The van der Waals surface area contributed by atoms with E-state index in [0.29, 0.717) is 36.0 Å². The fourth-order valence-electron chi connectivity index (χ4n) is 6.67. The van der Waals surface area contributed by atoms with Crippen LogP contribution in [-0.2, 0) is 4.74 Å². The van der Waals surface area contributed by atoms with Crippen molar-refractivity contribution in [3.8, 4) is 0 Å². The van der Waals surface area contributed by atoms with E-state index >= 15 is 0 Å². The summed E-state index contributed by atoms with van der Waals surface area (Å²) in [5, 5.41) is 30.1. The molecule has 182 valence electrons. The van der Waals surface area contributed by atoms with Gasteiger partial charge in [0, 0.05) is 19.6 Å². The van der Waals surface area contributed by atoms with Crippen molar-refractivity contribution in [1.29, 1.82) is 0 Å².